The summed E-state index contributed by atoms with van der Waals surface area (Å²) in [6.07, 6.45) is 1.90. The number of urea groups is 1. The molecular formula is C19H21N3O. The molecule has 1 spiro atoms. The molecule has 2 N–H and O–H groups in total. The van der Waals surface area contributed by atoms with E-state index in [0.29, 0.717) is 0 Å². The summed E-state index contributed by atoms with van der Waals surface area (Å²) in [5.74, 6) is 0. The van der Waals surface area contributed by atoms with E-state index in [-0.39, 0.29) is 11.6 Å². The van der Waals surface area contributed by atoms with Crippen LogP contribution in [0.25, 0.3) is 0 Å². The van der Waals surface area contributed by atoms with Crippen LogP contribution >= 0.6 is 0 Å². The van der Waals surface area contributed by atoms with Crippen molar-refractivity contribution < 1.29 is 4.79 Å². The molecule has 0 unspecified atom stereocenters. The maximum absolute atomic E-state index is 12.0. The number of carbonyl (C=O) groups is 1. The molecule has 2 aliphatic rings. The van der Waals surface area contributed by atoms with Gasteiger partial charge in [-0.2, -0.15) is 0 Å². The molecule has 0 aromatic heterocycles. The van der Waals surface area contributed by atoms with E-state index in [0.717, 1.165) is 38.2 Å². The fourth-order valence-electron chi connectivity index (χ4n) is 3.78. The molecule has 1 saturated heterocycles. The van der Waals surface area contributed by atoms with Crippen LogP contribution in [0.15, 0.2) is 54.6 Å². The molecule has 4 rings (SSSR count). The summed E-state index contributed by atoms with van der Waals surface area (Å²) < 4.78 is 0. The Morgan fingerprint density at radius 2 is 1.65 bits per heavy atom. The number of anilines is 1. The largest absolute Gasteiger partial charge is 0.328 e. The Kier molecular flexibility index (Phi) is 3.54. The highest BCUT2D eigenvalue weighted by Crippen LogP contribution is 2.39. The van der Waals surface area contributed by atoms with Gasteiger partial charge in [-0.3, -0.25) is 4.90 Å². The topological polar surface area (TPSA) is 44.4 Å². The second kappa shape index (κ2) is 5.70. The number of piperidine rings is 1. The maximum atomic E-state index is 12.0. The van der Waals surface area contributed by atoms with Crippen molar-refractivity contribution in [1.29, 1.82) is 0 Å². The summed E-state index contributed by atoms with van der Waals surface area (Å²) in [6.45, 7) is 2.96. The lowest BCUT2D eigenvalue weighted by atomic mass is 9.79. The number of benzene rings is 2. The van der Waals surface area contributed by atoms with E-state index in [9.17, 15) is 4.79 Å². The van der Waals surface area contributed by atoms with Gasteiger partial charge < -0.3 is 10.6 Å². The number of fused-ring (bicyclic) bond motifs is 2. The van der Waals surface area contributed by atoms with Gasteiger partial charge in [0.2, 0.25) is 0 Å². The van der Waals surface area contributed by atoms with Crippen LogP contribution in [0.4, 0.5) is 10.5 Å². The number of nitrogens with one attached hydrogen (secondary N) is 2. The number of likely N-dealkylation sites (tertiary alicyclic amines) is 1. The minimum Gasteiger partial charge on any atom is -0.328 e. The Labute approximate surface area is 136 Å². The molecule has 0 atom stereocenters. The van der Waals surface area contributed by atoms with Gasteiger partial charge in [0.1, 0.15) is 0 Å². The van der Waals surface area contributed by atoms with Crippen molar-refractivity contribution in [3.05, 3.63) is 65.7 Å². The fourth-order valence-corrected chi connectivity index (χ4v) is 3.78. The van der Waals surface area contributed by atoms with Gasteiger partial charge >= 0.3 is 6.03 Å². The van der Waals surface area contributed by atoms with Gasteiger partial charge in [-0.15, -0.1) is 0 Å². The molecule has 2 aromatic carbocycles. The van der Waals surface area contributed by atoms with Gasteiger partial charge in [0, 0.05) is 30.9 Å². The van der Waals surface area contributed by atoms with Crippen LogP contribution in [-0.4, -0.2) is 24.0 Å². The molecule has 1 fully saturated rings. The SMILES string of the molecule is O=C1Nc2ccccc2C2(CCN(Cc3ccccc3)CC2)N1. The van der Waals surface area contributed by atoms with Gasteiger partial charge in [0.05, 0.1) is 5.54 Å². The number of para-hydroxylation sites is 1. The van der Waals surface area contributed by atoms with Gasteiger partial charge in [0.15, 0.2) is 0 Å². The third-order valence-electron chi connectivity index (χ3n) is 5.00. The summed E-state index contributed by atoms with van der Waals surface area (Å²) in [4.78, 5) is 14.5. The van der Waals surface area contributed by atoms with Gasteiger partial charge in [-0.25, -0.2) is 4.79 Å². The van der Waals surface area contributed by atoms with E-state index in [1.807, 2.05) is 12.1 Å². The van der Waals surface area contributed by atoms with Crippen molar-refractivity contribution in [3.63, 3.8) is 0 Å². The monoisotopic (exact) mass is 307 g/mol. The molecule has 118 valence electrons. The third kappa shape index (κ3) is 2.70. The van der Waals surface area contributed by atoms with Crippen molar-refractivity contribution in [1.82, 2.24) is 10.2 Å². The quantitative estimate of drug-likeness (QED) is 0.894. The number of amides is 2. The van der Waals surface area contributed by atoms with Crippen LogP contribution < -0.4 is 10.6 Å². The number of carbonyl (C=O) groups excluding carboxylic acids is 1. The van der Waals surface area contributed by atoms with Crippen molar-refractivity contribution in [3.8, 4) is 0 Å². The number of rotatable bonds is 2. The van der Waals surface area contributed by atoms with E-state index < -0.39 is 0 Å². The number of hydrogen-bond donors (Lipinski definition) is 2. The van der Waals surface area contributed by atoms with E-state index in [1.165, 1.54) is 11.1 Å². The first-order valence-electron chi connectivity index (χ1n) is 8.20. The van der Waals surface area contributed by atoms with Crippen molar-refractivity contribution in [2.45, 2.75) is 24.9 Å². The average Bonchev–Trinajstić information content (AvgIpc) is 2.58. The lowest BCUT2D eigenvalue weighted by molar-refractivity contribution is 0.132. The van der Waals surface area contributed by atoms with Crippen LogP contribution in [0.1, 0.15) is 24.0 Å². The highest BCUT2D eigenvalue weighted by Gasteiger charge is 2.41. The predicted octanol–water partition coefficient (Wildman–Crippen LogP) is 3.31. The molecular weight excluding hydrogens is 286 g/mol. The van der Waals surface area contributed by atoms with Crippen molar-refractivity contribution in [2.75, 3.05) is 18.4 Å². The first kappa shape index (κ1) is 14.3. The Bertz CT molecular complexity index is 706. The first-order chi connectivity index (χ1) is 11.3. The van der Waals surface area contributed by atoms with E-state index >= 15 is 0 Å². The molecule has 2 aromatic rings. The second-order valence-corrected chi connectivity index (χ2v) is 6.47. The van der Waals surface area contributed by atoms with E-state index in [2.05, 4.69) is 58.0 Å². The highest BCUT2D eigenvalue weighted by atomic mass is 16.2. The van der Waals surface area contributed by atoms with Crippen LogP contribution in [-0.2, 0) is 12.1 Å². The van der Waals surface area contributed by atoms with Crippen molar-refractivity contribution >= 4 is 11.7 Å². The lowest BCUT2D eigenvalue weighted by Gasteiger charge is -2.45. The van der Waals surface area contributed by atoms with Gasteiger partial charge in [-0.1, -0.05) is 48.5 Å². The maximum Gasteiger partial charge on any atom is 0.319 e. The number of hydrogen-bond acceptors (Lipinski definition) is 2. The summed E-state index contributed by atoms with van der Waals surface area (Å²) in [7, 11) is 0. The second-order valence-electron chi connectivity index (χ2n) is 6.47. The predicted molar refractivity (Wildman–Crippen MR) is 91.2 cm³/mol. The zero-order chi connectivity index (χ0) is 15.7. The molecule has 2 amide bonds. The normalized spacial score (nSPS) is 19.7. The molecule has 23 heavy (non-hydrogen) atoms. The minimum atomic E-state index is -0.216. The molecule has 0 aliphatic carbocycles. The zero-order valence-corrected chi connectivity index (χ0v) is 13.1. The molecule has 0 bridgehead atoms. The Hall–Kier alpha value is -2.33. The van der Waals surface area contributed by atoms with E-state index in [1.54, 1.807) is 0 Å². The van der Waals surface area contributed by atoms with Gasteiger partial charge in [0.25, 0.3) is 0 Å². The molecule has 0 radical (unpaired) electrons. The smallest absolute Gasteiger partial charge is 0.319 e. The van der Waals surface area contributed by atoms with Crippen LogP contribution in [0.2, 0.25) is 0 Å². The van der Waals surface area contributed by atoms with Crippen molar-refractivity contribution in [2.24, 2.45) is 0 Å². The Morgan fingerprint density at radius 3 is 2.43 bits per heavy atom. The zero-order valence-electron chi connectivity index (χ0n) is 13.1. The Balaban J connectivity index is 1.52. The Morgan fingerprint density at radius 1 is 0.957 bits per heavy atom. The van der Waals surface area contributed by atoms with Crippen LogP contribution in [0.5, 0.6) is 0 Å². The highest BCUT2D eigenvalue weighted by molar-refractivity contribution is 5.93. The number of nitrogens with zero attached hydrogens (tertiary/aromatic N) is 1. The lowest BCUT2D eigenvalue weighted by Crippen LogP contribution is -2.56. The fraction of sp³-hybridized carbons (Fsp3) is 0.316. The van der Waals surface area contributed by atoms with Crippen LogP contribution in [0, 0.1) is 0 Å². The van der Waals surface area contributed by atoms with Crippen LogP contribution in [0.3, 0.4) is 0 Å². The van der Waals surface area contributed by atoms with Gasteiger partial charge in [-0.05, 0) is 24.5 Å². The molecule has 2 heterocycles. The van der Waals surface area contributed by atoms with E-state index in [4.69, 9.17) is 0 Å². The summed E-state index contributed by atoms with van der Waals surface area (Å²) in [5, 5.41) is 6.11. The summed E-state index contributed by atoms with van der Waals surface area (Å²) in [6, 6.07) is 18.6. The minimum absolute atomic E-state index is 0.0831. The molecule has 4 heteroatoms. The standard InChI is InChI=1S/C19H21N3O/c23-18-20-17-9-5-4-8-16(17)19(21-18)10-12-22(13-11-19)14-15-6-2-1-3-7-15/h1-9H,10-14H2,(H2,20,21,23). The first-order valence-corrected chi connectivity index (χ1v) is 8.20. The molecule has 4 nitrogen and oxygen atoms in total. The summed E-state index contributed by atoms with van der Waals surface area (Å²) >= 11 is 0. The molecule has 2 aliphatic heterocycles. The average molecular weight is 307 g/mol. The third-order valence-corrected chi connectivity index (χ3v) is 5.00. The molecule has 0 saturated carbocycles. The summed E-state index contributed by atoms with van der Waals surface area (Å²) in [5.41, 5.74) is 3.30.